The molecule has 0 bridgehead atoms. The van der Waals surface area contributed by atoms with Gasteiger partial charge in [-0.2, -0.15) is 0 Å². The van der Waals surface area contributed by atoms with E-state index in [1.807, 2.05) is 0 Å². The van der Waals surface area contributed by atoms with Gasteiger partial charge in [0.25, 0.3) is 0 Å². The number of aromatic nitrogens is 2. The Kier molecular flexibility index (Phi) is 15.6. The Balaban J connectivity index is 1.87. The first-order valence-electron chi connectivity index (χ1n) is 12.3. The predicted molar refractivity (Wildman–Crippen MR) is 119 cm³/mol. The van der Waals surface area contributed by atoms with E-state index in [-0.39, 0.29) is 0 Å². The van der Waals surface area contributed by atoms with Gasteiger partial charge in [0.05, 0.1) is 13.1 Å². The van der Waals surface area contributed by atoms with Crippen LogP contribution < -0.4 is 4.57 Å². The molecule has 0 unspecified atom stereocenters. The first-order chi connectivity index (χ1) is 13.2. The second-order valence-corrected chi connectivity index (χ2v) is 9.02. The lowest BCUT2D eigenvalue weighted by Crippen LogP contribution is -2.30. The van der Waals surface area contributed by atoms with Crippen molar-refractivity contribution in [2.45, 2.75) is 137 Å². The molecule has 2 heteroatoms. The minimum atomic E-state index is 0.886. The van der Waals surface area contributed by atoms with Gasteiger partial charge >= 0.3 is 0 Å². The third-order valence-electron chi connectivity index (χ3n) is 5.71. The van der Waals surface area contributed by atoms with Crippen LogP contribution in [0.5, 0.6) is 0 Å². The largest absolute Gasteiger partial charge is 0.243 e. The highest BCUT2D eigenvalue weighted by Crippen LogP contribution is 2.13. The Morgan fingerprint density at radius 2 is 1.26 bits per heavy atom. The van der Waals surface area contributed by atoms with E-state index >= 15 is 0 Å². The Morgan fingerprint density at radius 3 is 1.89 bits per heavy atom. The maximum absolute atomic E-state index is 2.38. The van der Waals surface area contributed by atoms with Gasteiger partial charge in [0.1, 0.15) is 12.4 Å². The Hall–Kier alpha value is -0.790. The molecule has 0 amide bonds. The lowest BCUT2D eigenvalue weighted by atomic mass is 10.0. The zero-order chi connectivity index (χ0) is 19.6. The Bertz CT molecular complexity index is 422. The molecule has 0 spiro atoms. The van der Waals surface area contributed by atoms with Gasteiger partial charge in [-0.1, -0.05) is 97.8 Å². The quantitative estimate of drug-likeness (QED) is 0.172. The average Bonchev–Trinajstić information content (AvgIpc) is 3.10. The van der Waals surface area contributed by atoms with Crippen molar-refractivity contribution in [2.24, 2.45) is 5.92 Å². The SMILES string of the molecule is CCCCCCCn1cc[n+](CCCCCCCCCCCCC(C)C)c1. The first-order valence-corrected chi connectivity index (χ1v) is 12.3. The van der Waals surface area contributed by atoms with Gasteiger partial charge in [-0.3, -0.25) is 0 Å². The van der Waals surface area contributed by atoms with Crippen LogP contribution in [0.25, 0.3) is 0 Å². The summed E-state index contributed by atoms with van der Waals surface area (Å²) in [6, 6.07) is 0. The van der Waals surface area contributed by atoms with E-state index in [1.165, 1.54) is 116 Å². The fourth-order valence-corrected chi connectivity index (χ4v) is 3.86. The van der Waals surface area contributed by atoms with Gasteiger partial charge < -0.3 is 0 Å². The van der Waals surface area contributed by atoms with Crippen LogP contribution in [0.2, 0.25) is 0 Å². The van der Waals surface area contributed by atoms with Crippen LogP contribution in [0.15, 0.2) is 18.7 Å². The molecule has 0 atom stereocenters. The molecule has 1 heterocycles. The van der Waals surface area contributed by atoms with E-state index in [2.05, 4.69) is 48.6 Å². The summed E-state index contributed by atoms with van der Waals surface area (Å²) in [5.74, 6) is 0.886. The van der Waals surface area contributed by atoms with Crippen molar-refractivity contribution in [3.05, 3.63) is 18.7 Å². The summed E-state index contributed by atoms with van der Waals surface area (Å²) in [7, 11) is 0. The number of aryl methyl sites for hydroxylation is 2. The van der Waals surface area contributed by atoms with E-state index in [4.69, 9.17) is 0 Å². The summed E-state index contributed by atoms with van der Waals surface area (Å²) in [5.41, 5.74) is 0. The van der Waals surface area contributed by atoms with E-state index in [9.17, 15) is 0 Å². The molecular formula is C25H49N2+. The molecule has 27 heavy (non-hydrogen) atoms. The molecule has 1 aromatic rings. The van der Waals surface area contributed by atoms with Crippen molar-refractivity contribution in [1.82, 2.24) is 4.57 Å². The van der Waals surface area contributed by atoms with E-state index in [0.29, 0.717) is 0 Å². The number of rotatable bonds is 19. The second-order valence-electron chi connectivity index (χ2n) is 9.02. The van der Waals surface area contributed by atoms with Crippen LogP contribution in [-0.4, -0.2) is 4.57 Å². The fourth-order valence-electron chi connectivity index (χ4n) is 3.86. The lowest BCUT2D eigenvalue weighted by Gasteiger charge is -2.04. The van der Waals surface area contributed by atoms with E-state index < -0.39 is 0 Å². The van der Waals surface area contributed by atoms with Gasteiger partial charge in [-0.25, -0.2) is 9.13 Å². The summed E-state index contributed by atoms with van der Waals surface area (Å²) in [6.07, 6.45) is 29.4. The highest BCUT2D eigenvalue weighted by molar-refractivity contribution is 4.66. The highest BCUT2D eigenvalue weighted by atomic mass is 15.1. The lowest BCUT2D eigenvalue weighted by molar-refractivity contribution is -0.696. The first kappa shape index (κ1) is 24.2. The van der Waals surface area contributed by atoms with Crippen molar-refractivity contribution >= 4 is 0 Å². The van der Waals surface area contributed by atoms with Crippen LogP contribution >= 0.6 is 0 Å². The number of imidazole rings is 1. The maximum Gasteiger partial charge on any atom is 0.243 e. The normalized spacial score (nSPS) is 11.6. The summed E-state index contributed by atoms with van der Waals surface area (Å²) in [5, 5.41) is 0. The smallest absolute Gasteiger partial charge is 0.237 e. The molecule has 0 N–H and O–H groups in total. The van der Waals surface area contributed by atoms with Crippen LogP contribution in [0.1, 0.15) is 124 Å². The molecule has 1 aromatic heterocycles. The molecule has 0 aliphatic heterocycles. The molecule has 1 rings (SSSR count). The Morgan fingerprint density at radius 1 is 0.704 bits per heavy atom. The number of hydrogen-bond donors (Lipinski definition) is 0. The molecule has 158 valence electrons. The fraction of sp³-hybridized carbons (Fsp3) is 0.880. The molecule has 0 saturated heterocycles. The summed E-state index contributed by atoms with van der Waals surface area (Å²) in [4.78, 5) is 0. The molecule has 0 aliphatic rings. The van der Waals surface area contributed by atoms with Gasteiger partial charge in [-0.05, 0) is 31.6 Å². The number of unbranched alkanes of at least 4 members (excludes halogenated alkanes) is 13. The van der Waals surface area contributed by atoms with Crippen molar-refractivity contribution < 1.29 is 4.57 Å². The van der Waals surface area contributed by atoms with Gasteiger partial charge in [0.15, 0.2) is 0 Å². The summed E-state index contributed by atoms with van der Waals surface area (Å²) in [6.45, 7) is 9.34. The zero-order valence-corrected chi connectivity index (χ0v) is 18.9. The van der Waals surface area contributed by atoms with Gasteiger partial charge in [0, 0.05) is 0 Å². The minimum Gasteiger partial charge on any atom is -0.237 e. The molecule has 0 aliphatic carbocycles. The second kappa shape index (κ2) is 17.3. The van der Waals surface area contributed by atoms with Crippen molar-refractivity contribution in [3.63, 3.8) is 0 Å². The van der Waals surface area contributed by atoms with E-state index in [1.54, 1.807) is 0 Å². The molecular weight excluding hydrogens is 328 g/mol. The zero-order valence-electron chi connectivity index (χ0n) is 18.9. The van der Waals surface area contributed by atoms with Gasteiger partial charge in [0.2, 0.25) is 6.33 Å². The van der Waals surface area contributed by atoms with Crippen molar-refractivity contribution in [1.29, 1.82) is 0 Å². The number of hydrogen-bond acceptors (Lipinski definition) is 0. The van der Waals surface area contributed by atoms with Crippen LogP contribution in [0.3, 0.4) is 0 Å². The standard InChI is InChI=1S/C25H49N2/c1-4-5-6-14-17-20-26-22-23-27(24-26)21-18-15-12-10-8-7-9-11-13-16-19-25(2)3/h22-25H,4-21H2,1-3H3/q+1. The predicted octanol–water partition coefficient (Wildman–Crippen LogP) is 7.69. The van der Waals surface area contributed by atoms with Gasteiger partial charge in [-0.15, -0.1) is 0 Å². The topological polar surface area (TPSA) is 8.81 Å². The van der Waals surface area contributed by atoms with Crippen LogP contribution in [0.4, 0.5) is 0 Å². The van der Waals surface area contributed by atoms with Crippen molar-refractivity contribution in [3.8, 4) is 0 Å². The summed E-state index contributed by atoms with van der Waals surface area (Å²) >= 11 is 0. The Labute approximate surface area is 170 Å². The third-order valence-corrected chi connectivity index (χ3v) is 5.71. The summed E-state index contributed by atoms with van der Waals surface area (Å²) < 4.78 is 4.75. The van der Waals surface area contributed by atoms with Crippen LogP contribution in [-0.2, 0) is 13.1 Å². The number of nitrogens with zero attached hydrogens (tertiary/aromatic N) is 2. The average molecular weight is 378 g/mol. The molecule has 0 fully saturated rings. The minimum absolute atomic E-state index is 0.886. The highest BCUT2D eigenvalue weighted by Gasteiger charge is 2.03. The molecule has 0 radical (unpaired) electrons. The molecule has 2 nitrogen and oxygen atoms in total. The van der Waals surface area contributed by atoms with Crippen molar-refractivity contribution in [2.75, 3.05) is 0 Å². The maximum atomic E-state index is 2.38. The van der Waals surface area contributed by atoms with E-state index in [0.717, 1.165) is 5.92 Å². The van der Waals surface area contributed by atoms with Crippen LogP contribution in [0, 0.1) is 5.92 Å². The molecule has 0 aromatic carbocycles. The third kappa shape index (κ3) is 14.9. The monoisotopic (exact) mass is 377 g/mol. The molecule has 0 saturated carbocycles.